The van der Waals surface area contributed by atoms with Gasteiger partial charge in [0.25, 0.3) is 5.91 Å². The minimum Gasteiger partial charge on any atom is -0.373 e. The SMILES string of the molecule is C[C@@H]1CN(Cc2ccc(C(=O)N3CCC[C@H]3CN)cc2)C[C@H](C)O1. The molecule has 0 aromatic heterocycles. The fourth-order valence-electron chi connectivity index (χ4n) is 3.94. The maximum absolute atomic E-state index is 12.6. The largest absolute Gasteiger partial charge is 0.373 e. The predicted octanol–water partition coefficient (Wildman–Crippen LogP) is 1.86. The maximum Gasteiger partial charge on any atom is 0.254 e. The Morgan fingerprint density at radius 2 is 1.88 bits per heavy atom. The summed E-state index contributed by atoms with van der Waals surface area (Å²) in [6, 6.07) is 8.26. The van der Waals surface area contributed by atoms with Gasteiger partial charge in [-0.3, -0.25) is 9.69 Å². The molecule has 0 aliphatic carbocycles. The molecular weight excluding hydrogens is 302 g/mol. The first-order valence-electron chi connectivity index (χ1n) is 9.04. The zero-order valence-electron chi connectivity index (χ0n) is 14.8. The molecule has 1 aromatic carbocycles. The summed E-state index contributed by atoms with van der Waals surface area (Å²) in [7, 11) is 0. The van der Waals surface area contributed by atoms with Gasteiger partial charge in [-0.25, -0.2) is 0 Å². The molecule has 0 bridgehead atoms. The molecular formula is C19H29N3O2. The van der Waals surface area contributed by atoms with Crippen LogP contribution in [0.5, 0.6) is 0 Å². The molecule has 0 radical (unpaired) electrons. The van der Waals surface area contributed by atoms with Gasteiger partial charge in [0.1, 0.15) is 0 Å². The van der Waals surface area contributed by atoms with Gasteiger partial charge in [-0.05, 0) is 44.4 Å². The average Bonchev–Trinajstić information content (AvgIpc) is 3.02. The standard InChI is InChI=1S/C19H29N3O2/c1-14-11-21(12-15(2)24-14)13-16-5-7-17(8-6-16)19(23)22-9-3-4-18(22)10-20/h5-8,14-15,18H,3-4,9-13,20H2,1-2H3/t14-,15+,18-/m0/s1. The van der Waals surface area contributed by atoms with E-state index in [2.05, 4.69) is 30.9 Å². The quantitative estimate of drug-likeness (QED) is 0.915. The van der Waals surface area contributed by atoms with E-state index in [1.54, 1.807) is 0 Å². The van der Waals surface area contributed by atoms with Crippen molar-refractivity contribution in [2.45, 2.75) is 51.5 Å². The summed E-state index contributed by atoms with van der Waals surface area (Å²) in [6.07, 6.45) is 2.63. The Morgan fingerprint density at radius 3 is 2.50 bits per heavy atom. The highest BCUT2D eigenvalue weighted by Crippen LogP contribution is 2.20. The van der Waals surface area contributed by atoms with Gasteiger partial charge in [0.15, 0.2) is 0 Å². The van der Waals surface area contributed by atoms with Crippen molar-refractivity contribution in [1.29, 1.82) is 0 Å². The number of rotatable bonds is 4. The van der Waals surface area contributed by atoms with Crippen LogP contribution in [-0.4, -0.2) is 60.1 Å². The van der Waals surface area contributed by atoms with Crippen molar-refractivity contribution in [1.82, 2.24) is 9.80 Å². The lowest BCUT2D eigenvalue weighted by Gasteiger charge is -2.35. The molecule has 3 rings (SSSR count). The zero-order valence-corrected chi connectivity index (χ0v) is 14.8. The number of hydrogen-bond donors (Lipinski definition) is 1. The van der Waals surface area contributed by atoms with E-state index in [1.807, 2.05) is 17.0 Å². The molecule has 132 valence electrons. The number of carbonyl (C=O) groups excluding carboxylic acids is 1. The Labute approximate surface area is 144 Å². The minimum atomic E-state index is 0.114. The number of amides is 1. The smallest absolute Gasteiger partial charge is 0.254 e. The third kappa shape index (κ3) is 3.97. The van der Waals surface area contributed by atoms with E-state index in [4.69, 9.17) is 10.5 Å². The number of morpholine rings is 1. The van der Waals surface area contributed by atoms with Crippen molar-refractivity contribution >= 4 is 5.91 Å². The van der Waals surface area contributed by atoms with E-state index in [0.717, 1.165) is 44.6 Å². The molecule has 3 atom stereocenters. The molecule has 5 nitrogen and oxygen atoms in total. The number of nitrogens with two attached hydrogens (primary N) is 1. The minimum absolute atomic E-state index is 0.114. The van der Waals surface area contributed by atoms with Crippen molar-refractivity contribution in [3.05, 3.63) is 35.4 Å². The highest BCUT2D eigenvalue weighted by atomic mass is 16.5. The normalized spacial score (nSPS) is 28.3. The monoisotopic (exact) mass is 331 g/mol. The molecule has 2 aliphatic rings. The van der Waals surface area contributed by atoms with E-state index in [1.165, 1.54) is 5.56 Å². The van der Waals surface area contributed by atoms with E-state index >= 15 is 0 Å². The van der Waals surface area contributed by atoms with Crippen molar-refractivity contribution in [2.75, 3.05) is 26.2 Å². The van der Waals surface area contributed by atoms with Crippen LogP contribution in [0.3, 0.4) is 0 Å². The van der Waals surface area contributed by atoms with Gasteiger partial charge in [-0.1, -0.05) is 12.1 Å². The van der Waals surface area contributed by atoms with Gasteiger partial charge in [0, 0.05) is 44.3 Å². The van der Waals surface area contributed by atoms with Crippen LogP contribution in [0.4, 0.5) is 0 Å². The van der Waals surface area contributed by atoms with E-state index in [9.17, 15) is 4.79 Å². The third-order valence-corrected chi connectivity index (χ3v) is 5.01. The Balaban J connectivity index is 1.62. The van der Waals surface area contributed by atoms with Crippen LogP contribution in [0.2, 0.25) is 0 Å². The number of likely N-dealkylation sites (tertiary alicyclic amines) is 1. The first-order chi connectivity index (χ1) is 11.6. The van der Waals surface area contributed by atoms with Crippen LogP contribution in [0.25, 0.3) is 0 Å². The van der Waals surface area contributed by atoms with E-state index in [-0.39, 0.29) is 24.2 Å². The van der Waals surface area contributed by atoms with E-state index in [0.29, 0.717) is 6.54 Å². The summed E-state index contributed by atoms with van der Waals surface area (Å²) in [4.78, 5) is 17.0. The fourth-order valence-corrected chi connectivity index (χ4v) is 3.94. The summed E-state index contributed by atoms with van der Waals surface area (Å²) in [5.41, 5.74) is 7.79. The lowest BCUT2D eigenvalue weighted by Crippen LogP contribution is -2.44. The second-order valence-corrected chi connectivity index (χ2v) is 7.18. The molecule has 0 saturated carbocycles. The summed E-state index contributed by atoms with van der Waals surface area (Å²) in [6.45, 7) is 8.43. The molecule has 2 saturated heterocycles. The molecule has 0 unspecified atom stereocenters. The van der Waals surface area contributed by atoms with Gasteiger partial charge >= 0.3 is 0 Å². The molecule has 1 amide bonds. The predicted molar refractivity (Wildman–Crippen MR) is 94.8 cm³/mol. The van der Waals surface area contributed by atoms with Gasteiger partial charge in [0.2, 0.25) is 0 Å². The summed E-state index contributed by atoms with van der Waals surface area (Å²) < 4.78 is 5.78. The number of nitrogens with zero attached hydrogens (tertiary/aromatic N) is 2. The highest BCUT2D eigenvalue weighted by Gasteiger charge is 2.28. The first-order valence-corrected chi connectivity index (χ1v) is 9.04. The number of ether oxygens (including phenoxy) is 1. The van der Waals surface area contributed by atoms with E-state index < -0.39 is 0 Å². The summed E-state index contributed by atoms with van der Waals surface area (Å²) in [5.74, 6) is 0.114. The third-order valence-electron chi connectivity index (χ3n) is 5.01. The van der Waals surface area contributed by atoms with Crippen LogP contribution < -0.4 is 5.73 Å². The zero-order chi connectivity index (χ0) is 17.1. The number of benzene rings is 1. The van der Waals surface area contributed by atoms with Crippen molar-refractivity contribution in [2.24, 2.45) is 5.73 Å². The second kappa shape index (κ2) is 7.64. The van der Waals surface area contributed by atoms with Crippen LogP contribution in [-0.2, 0) is 11.3 Å². The van der Waals surface area contributed by atoms with Crippen LogP contribution in [0, 0.1) is 0 Å². The topological polar surface area (TPSA) is 58.8 Å². The Morgan fingerprint density at radius 1 is 1.21 bits per heavy atom. The molecule has 2 heterocycles. The Bertz CT molecular complexity index is 550. The Kier molecular flexibility index (Phi) is 5.54. The lowest BCUT2D eigenvalue weighted by molar-refractivity contribution is -0.0704. The molecule has 2 N–H and O–H groups in total. The van der Waals surface area contributed by atoms with Crippen LogP contribution in [0.15, 0.2) is 24.3 Å². The maximum atomic E-state index is 12.6. The Hall–Kier alpha value is -1.43. The van der Waals surface area contributed by atoms with Gasteiger partial charge in [-0.15, -0.1) is 0 Å². The first kappa shape index (κ1) is 17.4. The van der Waals surface area contributed by atoms with Gasteiger partial charge in [0.05, 0.1) is 12.2 Å². The van der Waals surface area contributed by atoms with Crippen molar-refractivity contribution in [3.63, 3.8) is 0 Å². The van der Waals surface area contributed by atoms with Gasteiger partial charge < -0.3 is 15.4 Å². The molecule has 0 spiro atoms. The summed E-state index contributed by atoms with van der Waals surface area (Å²) >= 11 is 0. The van der Waals surface area contributed by atoms with Gasteiger partial charge in [-0.2, -0.15) is 0 Å². The molecule has 1 aromatic rings. The fraction of sp³-hybridized carbons (Fsp3) is 0.632. The molecule has 2 aliphatic heterocycles. The second-order valence-electron chi connectivity index (χ2n) is 7.18. The van der Waals surface area contributed by atoms with Crippen molar-refractivity contribution in [3.8, 4) is 0 Å². The highest BCUT2D eigenvalue weighted by molar-refractivity contribution is 5.94. The van der Waals surface area contributed by atoms with Crippen molar-refractivity contribution < 1.29 is 9.53 Å². The van der Waals surface area contributed by atoms with Crippen LogP contribution >= 0.6 is 0 Å². The molecule has 2 fully saturated rings. The summed E-state index contributed by atoms with van der Waals surface area (Å²) in [5, 5.41) is 0. The van der Waals surface area contributed by atoms with Crippen LogP contribution in [0.1, 0.15) is 42.6 Å². The average molecular weight is 331 g/mol. The molecule has 24 heavy (non-hydrogen) atoms. The number of hydrogen-bond acceptors (Lipinski definition) is 4. The lowest BCUT2D eigenvalue weighted by atomic mass is 10.1. The molecule has 5 heteroatoms. The number of carbonyl (C=O) groups is 1.